The van der Waals surface area contributed by atoms with Crippen LogP contribution in [0, 0.1) is 0 Å². The maximum absolute atomic E-state index is 13.5. The third-order valence-corrected chi connectivity index (χ3v) is 6.35. The third kappa shape index (κ3) is 5.65. The molecule has 0 aromatic heterocycles. The molecule has 0 bridgehead atoms. The van der Waals surface area contributed by atoms with Crippen LogP contribution in [-0.4, -0.2) is 50.9 Å². The highest BCUT2D eigenvalue weighted by Crippen LogP contribution is 2.38. The molecule has 3 rings (SSSR count). The lowest BCUT2D eigenvalue weighted by Gasteiger charge is -2.28. The molecule has 2 amide bonds. The number of sulfone groups is 1. The van der Waals surface area contributed by atoms with Gasteiger partial charge in [-0.15, -0.1) is 0 Å². The fourth-order valence-corrected chi connectivity index (χ4v) is 4.95. The maximum atomic E-state index is 13.5. The molecule has 0 fully saturated rings. The van der Waals surface area contributed by atoms with Crippen LogP contribution in [0.3, 0.4) is 0 Å². The summed E-state index contributed by atoms with van der Waals surface area (Å²) in [6.07, 6.45) is 2.19. The number of hydrogen-bond acceptors (Lipinski definition) is 6. The summed E-state index contributed by atoms with van der Waals surface area (Å²) in [5.74, 6) is 0.270. The summed E-state index contributed by atoms with van der Waals surface area (Å²) in [7, 11) is -1.90. The van der Waals surface area contributed by atoms with Crippen LogP contribution in [0.1, 0.15) is 54.2 Å². The second-order valence-corrected chi connectivity index (χ2v) is 10.2. The average Bonchev–Trinajstić information content (AvgIpc) is 3.09. The van der Waals surface area contributed by atoms with Crippen LogP contribution < -0.4 is 14.8 Å². The van der Waals surface area contributed by atoms with Gasteiger partial charge < -0.3 is 19.7 Å². The molecule has 178 valence electrons. The van der Waals surface area contributed by atoms with Gasteiger partial charge in [0.05, 0.1) is 36.8 Å². The quantitative estimate of drug-likeness (QED) is 0.565. The van der Waals surface area contributed by atoms with Gasteiger partial charge in [0.25, 0.3) is 5.91 Å². The van der Waals surface area contributed by atoms with Gasteiger partial charge in [-0.05, 0) is 42.7 Å². The lowest BCUT2D eigenvalue weighted by atomic mass is 10.1. The van der Waals surface area contributed by atoms with Crippen molar-refractivity contribution in [1.82, 2.24) is 4.90 Å². The minimum Gasteiger partial charge on any atom is -0.493 e. The van der Waals surface area contributed by atoms with Gasteiger partial charge in [0.15, 0.2) is 11.5 Å². The molecule has 2 aromatic carbocycles. The zero-order chi connectivity index (χ0) is 24.2. The van der Waals surface area contributed by atoms with E-state index in [9.17, 15) is 18.0 Å². The minimum absolute atomic E-state index is 0.165. The van der Waals surface area contributed by atoms with Crippen molar-refractivity contribution in [2.45, 2.75) is 39.3 Å². The van der Waals surface area contributed by atoms with E-state index in [1.165, 1.54) is 7.11 Å². The Morgan fingerprint density at radius 1 is 1.18 bits per heavy atom. The van der Waals surface area contributed by atoms with E-state index in [2.05, 4.69) is 5.32 Å². The fraction of sp³-hybridized carbons (Fsp3) is 0.417. The Morgan fingerprint density at radius 2 is 1.94 bits per heavy atom. The van der Waals surface area contributed by atoms with E-state index < -0.39 is 15.9 Å². The van der Waals surface area contributed by atoms with E-state index in [-0.39, 0.29) is 24.1 Å². The summed E-state index contributed by atoms with van der Waals surface area (Å²) in [6.45, 7) is 4.39. The Bertz CT molecular complexity index is 1150. The molecule has 2 aromatic rings. The SMILES string of the molecule is CCCC(=O)Nc1cccc2c1C(=O)N([C@H](CS(C)(=O)=O)c1ccc(OC)c(OCC)c1)C2. The number of nitrogens with one attached hydrogen (secondary N) is 1. The molecule has 0 saturated carbocycles. The molecule has 8 nitrogen and oxygen atoms in total. The van der Waals surface area contributed by atoms with Gasteiger partial charge >= 0.3 is 0 Å². The van der Waals surface area contributed by atoms with Gasteiger partial charge in [-0.1, -0.05) is 25.1 Å². The van der Waals surface area contributed by atoms with E-state index in [0.717, 1.165) is 11.8 Å². The molecule has 1 atom stereocenters. The first kappa shape index (κ1) is 24.6. The van der Waals surface area contributed by atoms with Crippen molar-refractivity contribution in [3.8, 4) is 11.5 Å². The Kier molecular flexibility index (Phi) is 7.63. The number of amides is 2. The lowest BCUT2D eigenvalue weighted by molar-refractivity contribution is -0.116. The normalized spacial score (nSPS) is 14.1. The average molecular weight is 475 g/mol. The van der Waals surface area contributed by atoms with E-state index >= 15 is 0 Å². The van der Waals surface area contributed by atoms with Gasteiger partial charge in [-0.25, -0.2) is 8.42 Å². The number of benzene rings is 2. The van der Waals surface area contributed by atoms with Gasteiger partial charge in [-0.3, -0.25) is 9.59 Å². The summed E-state index contributed by atoms with van der Waals surface area (Å²) in [4.78, 5) is 27.2. The van der Waals surface area contributed by atoms with Crippen LogP contribution in [0.2, 0.25) is 0 Å². The minimum atomic E-state index is -3.43. The number of methoxy groups -OCH3 is 1. The summed E-state index contributed by atoms with van der Waals surface area (Å²) in [5, 5.41) is 2.82. The predicted molar refractivity (Wildman–Crippen MR) is 126 cm³/mol. The molecule has 33 heavy (non-hydrogen) atoms. The number of carbonyl (C=O) groups excluding carboxylic acids is 2. The second-order valence-electron chi connectivity index (χ2n) is 8.02. The summed E-state index contributed by atoms with van der Waals surface area (Å²) < 4.78 is 35.6. The molecule has 0 aliphatic carbocycles. The molecule has 1 N–H and O–H groups in total. The monoisotopic (exact) mass is 474 g/mol. The Morgan fingerprint density at radius 3 is 2.58 bits per heavy atom. The maximum Gasteiger partial charge on any atom is 0.257 e. The zero-order valence-corrected chi connectivity index (χ0v) is 20.2. The number of nitrogens with zero attached hydrogens (tertiary/aromatic N) is 1. The molecule has 1 aliphatic heterocycles. The summed E-state index contributed by atoms with van der Waals surface area (Å²) in [5.41, 5.74) is 2.22. The van der Waals surface area contributed by atoms with E-state index in [4.69, 9.17) is 9.47 Å². The van der Waals surface area contributed by atoms with Crippen molar-refractivity contribution in [1.29, 1.82) is 0 Å². The second kappa shape index (κ2) is 10.2. The van der Waals surface area contributed by atoms with Crippen molar-refractivity contribution >= 4 is 27.3 Å². The molecular weight excluding hydrogens is 444 g/mol. The highest BCUT2D eigenvalue weighted by molar-refractivity contribution is 7.90. The highest BCUT2D eigenvalue weighted by Gasteiger charge is 2.37. The van der Waals surface area contributed by atoms with Crippen LogP contribution in [0.5, 0.6) is 11.5 Å². The standard InChI is InChI=1S/C24H30N2O6S/c1-5-8-22(27)25-18-10-7-9-17-14-26(24(28)23(17)18)19(15-33(4,29)30)16-11-12-20(31-3)21(13-16)32-6-2/h7,9-13,19H,5-6,8,14-15H2,1-4H3,(H,25,27)/t19-/m1/s1. The van der Waals surface area contributed by atoms with Crippen molar-refractivity contribution in [3.63, 3.8) is 0 Å². The number of rotatable bonds is 10. The number of ether oxygens (including phenoxy) is 2. The van der Waals surface area contributed by atoms with E-state index in [1.807, 2.05) is 19.9 Å². The molecule has 0 saturated heterocycles. The predicted octanol–water partition coefficient (Wildman–Crippen LogP) is 3.57. The van der Waals surface area contributed by atoms with Crippen molar-refractivity contribution < 1.29 is 27.5 Å². The van der Waals surface area contributed by atoms with Gasteiger partial charge in [-0.2, -0.15) is 0 Å². The number of fused-ring (bicyclic) bond motifs is 1. The fourth-order valence-electron chi connectivity index (χ4n) is 4.00. The Hall–Kier alpha value is -3.07. The van der Waals surface area contributed by atoms with Crippen molar-refractivity contribution in [2.24, 2.45) is 0 Å². The Labute approximate surface area is 194 Å². The smallest absolute Gasteiger partial charge is 0.257 e. The summed E-state index contributed by atoms with van der Waals surface area (Å²) >= 11 is 0. The van der Waals surface area contributed by atoms with Crippen molar-refractivity contribution in [3.05, 3.63) is 53.1 Å². The van der Waals surface area contributed by atoms with Crippen LogP contribution in [0.4, 0.5) is 5.69 Å². The first-order valence-electron chi connectivity index (χ1n) is 10.9. The van der Waals surface area contributed by atoms with Crippen LogP contribution in [-0.2, 0) is 21.2 Å². The zero-order valence-electron chi connectivity index (χ0n) is 19.4. The lowest BCUT2D eigenvalue weighted by Crippen LogP contribution is -2.34. The molecule has 0 radical (unpaired) electrons. The van der Waals surface area contributed by atoms with Gasteiger partial charge in [0, 0.05) is 19.2 Å². The number of hydrogen-bond donors (Lipinski definition) is 1. The molecule has 0 unspecified atom stereocenters. The first-order chi connectivity index (χ1) is 15.7. The van der Waals surface area contributed by atoms with E-state index in [0.29, 0.717) is 47.8 Å². The molecular formula is C24H30N2O6S. The third-order valence-electron chi connectivity index (χ3n) is 5.43. The Balaban J connectivity index is 2.02. The molecule has 9 heteroatoms. The van der Waals surface area contributed by atoms with Crippen molar-refractivity contribution in [2.75, 3.05) is 31.0 Å². The van der Waals surface area contributed by atoms with Crippen LogP contribution in [0.15, 0.2) is 36.4 Å². The topological polar surface area (TPSA) is 102 Å². The van der Waals surface area contributed by atoms with Gasteiger partial charge in [0.1, 0.15) is 9.84 Å². The molecule has 0 spiro atoms. The van der Waals surface area contributed by atoms with E-state index in [1.54, 1.807) is 35.2 Å². The number of anilines is 1. The largest absolute Gasteiger partial charge is 0.493 e. The molecule has 1 aliphatic rings. The highest BCUT2D eigenvalue weighted by atomic mass is 32.2. The van der Waals surface area contributed by atoms with Crippen LogP contribution in [0.25, 0.3) is 0 Å². The first-order valence-corrected chi connectivity index (χ1v) is 13.0. The molecule has 1 heterocycles. The number of carbonyl (C=O) groups is 2. The summed E-state index contributed by atoms with van der Waals surface area (Å²) in [6, 6.07) is 9.74. The van der Waals surface area contributed by atoms with Gasteiger partial charge in [0.2, 0.25) is 5.91 Å². The van der Waals surface area contributed by atoms with Crippen LogP contribution >= 0.6 is 0 Å².